The summed E-state index contributed by atoms with van der Waals surface area (Å²) in [5.74, 6) is -0.397. The maximum atomic E-state index is 13.5. The van der Waals surface area contributed by atoms with Crippen molar-refractivity contribution in [2.45, 2.75) is 17.6 Å². The number of hydrogen-bond acceptors (Lipinski definition) is 8. The molecule has 0 aliphatic rings. The normalized spacial score (nSPS) is 12.3. The quantitative estimate of drug-likeness (QED) is 0.480. The van der Waals surface area contributed by atoms with Crippen molar-refractivity contribution in [3.05, 3.63) is 35.7 Å². The first kappa shape index (κ1) is 19.7. The van der Waals surface area contributed by atoms with Crippen molar-refractivity contribution in [1.82, 2.24) is 25.6 Å². The molecule has 0 bridgehead atoms. The van der Waals surface area contributed by atoms with Gasteiger partial charge in [0, 0.05) is 18.3 Å². The van der Waals surface area contributed by atoms with E-state index in [4.69, 9.17) is 16.6 Å². The third-order valence-corrected chi connectivity index (χ3v) is 4.82. The van der Waals surface area contributed by atoms with E-state index >= 15 is 0 Å². The highest BCUT2D eigenvalue weighted by Crippen LogP contribution is 2.42. The Labute approximate surface area is 156 Å². The summed E-state index contributed by atoms with van der Waals surface area (Å²) in [7, 11) is -4.84. The van der Waals surface area contributed by atoms with Gasteiger partial charge >= 0.3 is 6.18 Å². The van der Waals surface area contributed by atoms with E-state index in [1.54, 1.807) is 0 Å². The summed E-state index contributed by atoms with van der Waals surface area (Å²) in [6.07, 6.45) is -3.71. The Morgan fingerprint density at radius 2 is 1.93 bits per heavy atom. The van der Waals surface area contributed by atoms with Crippen LogP contribution in [0.15, 0.2) is 29.3 Å². The molecule has 2 aromatic heterocycles. The summed E-state index contributed by atoms with van der Waals surface area (Å²) in [4.78, 5) is 2.86. The molecule has 7 N–H and O–H groups in total. The fourth-order valence-electron chi connectivity index (χ4n) is 2.66. The molecule has 0 spiro atoms. The number of pyridine rings is 1. The number of halogens is 3. The lowest BCUT2D eigenvalue weighted by molar-refractivity contribution is -0.139. The second-order valence-electron chi connectivity index (χ2n) is 5.61. The smallest absolute Gasteiger partial charge is 0.397 e. The van der Waals surface area contributed by atoms with E-state index in [0.29, 0.717) is 11.8 Å². The number of alkyl halides is 3. The van der Waals surface area contributed by atoms with Crippen molar-refractivity contribution in [3.63, 3.8) is 0 Å². The summed E-state index contributed by atoms with van der Waals surface area (Å²) in [5, 5.41) is 17.7. The number of nitrogen functional groups attached to an aromatic ring is 1. The number of hydrogen-bond donors (Lipinski definition) is 4. The summed E-state index contributed by atoms with van der Waals surface area (Å²) in [6.45, 7) is 0.0409. The Balaban J connectivity index is 2.44. The maximum Gasteiger partial charge on any atom is 0.417 e. The van der Waals surface area contributed by atoms with Crippen LogP contribution in [0.4, 0.5) is 18.9 Å². The Kier molecular flexibility index (Phi) is 4.78. The predicted octanol–water partition coefficient (Wildman–Crippen LogP) is 0.636. The van der Waals surface area contributed by atoms with Crippen LogP contribution in [0.5, 0.6) is 0 Å². The molecule has 0 atom stereocenters. The van der Waals surface area contributed by atoms with E-state index in [0.717, 1.165) is 6.07 Å². The van der Waals surface area contributed by atoms with E-state index < -0.39 is 38.0 Å². The van der Waals surface area contributed by atoms with Gasteiger partial charge in [-0.05, 0) is 22.9 Å². The number of benzene rings is 1. The minimum absolute atomic E-state index is 0.0150. The zero-order valence-corrected chi connectivity index (χ0v) is 14.7. The largest absolute Gasteiger partial charge is 0.417 e. The standard InChI is InChI=1S/C14H13F3N8O2S/c15-14(16,17)8-2-1-7(6-3-9(19)10(4-18)21-5-6)11(12(8)28(20,26)27)13-22-24-25-23-13/h1-3,5H,4,18-19H2,(H2,20,26,27)(H,22,23,24,25). The van der Waals surface area contributed by atoms with E-state index in [-0.39, 0.29) is 23.4 Å². The van der Waals surface area contributed by atoms with Crippen LogP contribution in [0.2, 0.25) is 0 Å². The molecule has 3 rings (SSSR count). The molecule has 14 heteroatoms. The molecule has 3 aromatic rings. The average molecular weight is 414 g/mol. The van der Waals surface area contributed by atoms with Gasteiger partial charge in [0.15, 0.2) is 0 Å². The van der Waals surface area contributed by atoms with E-state index in [2.05, 4.69) is 25.6 Å². The molecular weight excluding hydrogens is 401 g/mol. The average Bonchev–Trinajstić information content (AvgIpc) is 3.13. The molecule has 0 radical (unpaired) electrons. The molecule has 1 aromatic carbocycles. The van der Waals surface area contributed by atoms with Crippen LogP contribution in [0.1, 0.15) is 11.3 Å². The third-order valence-electron chi connectivity index (χ3n) is 3.82. The molecule has 0 aliphatic carbocycles. The Bertz CT molecular complexity index is 1130. The molecule has 28 heavy (non-hydrogen) atoms. The second-order valence-corrected chi connectivity index (χ2v) is 7.11. The van der Waals surface area contributed by atoms with Crippen LogP contribution < -0.4 is 16.6 Å². The van der Waals surface area contributed by atoms with Crippen LogP contribution in [0.25, 0.3) is 22.5 Å². The number of primary sulfonamides is 1. The number of nitrogens with zero attached hydrogens (tertiary/aromatic N) is 4. The maximum absolute atomic E-state index is 13.5. The van der Waals surface area contributed by atoms with Gasteiger partial charge in [0.1, 0.15) is 4.90 Å². The molecule has 0 fully saturated rings. The van der Waals surface area contributed by atoms with Gasteiger partial charge < -0.3 is 11.5 Å². The molecule has 148 valence electrons. The fourth-order valence-corrected chi connectivity index (χ4v) is 3.64. The van der Waals surface area contributed by atoms with E-state index in [9.17, 15) is 21.6 Å². The van der Waals surface area contributed by atoms with Gasteiger partial charge in [0.05, 0.1) is 22.5 Å². The Hall–Kier alpha value is -3.10. The van der Waals surface area contributed by atoms with Gasteiger partial charge in [-0.3, -0.25) is 4.98 Å². The van der Waals surface area contributed by atoms with Crippen LogP contribution >= 0.6 is 0 Å². The number of H-pyrrole nitrogens is 1. The lowest BCUT2D eigenvalue weighted by Crippen LogP contribution is -2.21. The minimum atomic E-state index is -5.00. The number of aromatic amines is 1. The van der Waals surface area contributed by atoms with Gasteiger partial charge in [-0.25, -0.2) is 13.6 Å². The number of rotatable bonds is 4. The van der Waals surface area contributed by atoms with Crippen molar-refractivity contribution in [2.75, 3.05) is 5.73 Å². The summed E-state index contributed by atoms with van der Waals surface area (Å²) < 4.78 is 64.6. The van der Waals surface area contributed by atoms with Crippen LogP contribution in [-0.4, -0.2) is 34.0 Å². The van der Waals surface area contributed by atoms with E-state index in [1.807, 2.05) is 0 Å². The SMILES string of the molecule is NCc1ncc(-c2ccc(C(F)(F)F)c(S(N)(=O)=O)c2-c2nn[nH]n2)cc1N. The highest BCUT2D eigenvalue weighted by atomic mass is 32.2. The van der Waals surface area contributed by atoms with Crippen molar-refractivity contribution >= 4 is 15.7 Å². The highest BCUT2D eigenvalue weighted by molar-refractivity contribution is 7.89. The topological polar surface area (TPSA) is 180 Å². The van der Waals surface area contributed by atoms with Crippen molar-refractivity contribution in [1.29, 1.82) is 0 Å². The molecular formula is C14H13F3N8O2S. The first-order valence-electron chi connectivity index (χ1n) is 7.49. The van der Waals surface area contributed by atoms with Crippen molar-refractivity contribution in [3.8, 4) is 22.5 Å². The monoisotopic (exact) mass is 414 g/mol. The number of nitrogens with one attached hydrogen (secondary N) is 1. The first-order chi connectivity index (χ1) is 13.0. The minimum Gasteiger partial charge on any atom is -0.397 e. The van der Waals surface area contributed by atoms with Crippen LogP contribution in [0.3, 0.4) is 0 Å². The molecule has 0 saturated carbocycles. The molecule has 2 heterocycles. The van der Waals surface area contributed by atoms with Gasteiger partial charge in [0.25, 0.3) is 0 Å². The van der Waals surface area contributed by atoms with Crippen LogP contribution in [0, 0.1) is 0 Å². The lowest BCUT2D eigenvalue weighted by atomic mass is 9.97. The zero-order valence-electron chi connectivity index (χ0n) is 13.9. The summed E-state index contributed by atoms with van der Waals surface area (Å²) >= 11 is 0. The highest BCUT2D eigenvalue weighted by Gasteiger charge is 2.39. The van der Waals surface area contributed by atoms with Gasteiger partial charge in [-0.1, -0.05) is 6.07 Å². The number of sulfonamides is 1. The summed E-state index contributed by atoms with van der Waals surface area (Å²) in [6, 6.07) is 3.06. The zero-order chi connectivity index (χ0) is 20.7. The van der Waals surface area contributed by atoms with Gasteiger partial charge in [-0.15, -0.1) is 10.2 Å². The van der Waals surface area contributed by atoms with E-state index in [1.165, 1.54) is 12.3 Å². The van der Waals surface area contributed by atoms with Crippen molar-refractivity contribution in [2.24, 2.45) is 10.9 Å². The Morgan fingerprint density at radius 3 is 2.43 bits per heavy atom. The predicted molar refractivity (Wildman–Crippen MR) is 91.5 cm³/mol. The molecule has 10 nitrogen and oxygen atoms in total. The fraction of sp³-hybridized carbons (Fsp3) is 0.143. The van der Waals surface area contributed by atoms with Crippen LogP contribution in [-0.2, 0) is 22.7 Å². The molecule has 0 unspecified atom stereocenters. The van der Waals surface area contributed by atoms with Gasteiger partial charge in [-0.2, -0.15) is 18.4 Å². The number of anilines is 1. The molecule has 0 aliphatic heterocycles. The number of aromatic nitrogens is 5. The molecule has 0 saturated heterocycles. The first-order valence-corrected chi connectivity index (χ1v) is 9.04. The lowest BCUT2D eigenvalue weighted by Gasteiger charge is -2.17. The molecule has 0 amide bonds. The second kappa shape index (κ2) is 6.81. The Morgan fingerprint density at radius 1 is 1.21 bits per heavy atom. The number of nitrogens with two attached hydrogens (primary N) is 3. The van der Waals surface area contributed by atoms with Crippen molar-refractivity contribution < 1.29 is 21.6 Å². The number of tetrazole rings is 1. The van der Waals surface area contributed by atoms with Gasteiger partial charge in [0.2, 0.25) is 15.8 Å². The summed E-state index contributed by atoms with van der Waals surface area (Å²) in [5.41, 5.74) is 10.2. The third kappa shape index (κ3) is 3.51.